The quantitative estimate of drug-likeness (QED) is 0.616. The predicted octanol–water partition coefficient (Wildman–Crippen LogP) is 2.46. The zero-order valence-electron chi connectivity index (χ0n) is 15.3. The maximum absolute atomic E-state index is 12.7. The van der Waals surface area contributed by atoms with Gasteiger partial charge in [-0.15, -0.1) is 0 Å². The second-order valence-corrected chi connectivity index (χ2v) is 8.35. The number of fused-ring (bicyclic) bond motifs is 1. The minimum atomic E-state index is -3.55. The zero-order chi connectivity index (χ0) is 20.5. The minimum absolute atomic E-state index is 0.0713. The number of nitro benzene ring substituents is 1. The van der Waals surface area contributed by atoms with E-state index >= 15 is 0 Å². The van der Waals surface area contributed by atoms with Gasteiger partial charge in [0.25, 0.3) is 11.6 Å². The van der Waals surface area contributed by atoms with Gasteiger partial charge >= 0.3 is 0 Å². The molecule has 0 saturated heterocycles. The lowest BCUT2D eigenvalue weighted by atomic mass is 10.1. The lowest BCUT2D eigenvalue weighted by Crippen LogP contribution is -2.36. The summed E-state index contributed by atoms with van der Waals surface area (Å²) in [5.74, 6) is -0.227. The number of nitrogens with zero attached hydrogens (tertiary/aromatic N) is 2. The van der Waals surface area contributed by atoms with Gasteiger partial charge in [0.15, 0.2) is 6.10 Å². The Morgan fingerprint density at radius 2 is 2.00 bits per heavy atom. The minimum Gasteiger partial charge on any atom is -0.478 e. The van der Waals surface area contributed by atoms with Gasteiger partial charge in [0, 0.05) is 25.1 Å². The standard InChI is InChI=1S/C18H19N3O6S/c1-12-7-8-13(21(23)24)11-14(12)19-18(22)17-9-10-20(28(2,25)26)15-5-3-4-6-16(15)27-17/h3-8,11,17H,9-10H2,1-2H3,(H,19,22)/t17-/m0/s1. The first-order valence-electron chi connectivity index (χ1n) is 8.46. The highest BCUT2D eigenvalue weighted by Crippen LogP contribution is 2.34. The third-order valence-electron chi connectivity index (χ3n) is 4.38. The number of hydrogen-bond donors (Lipinski definition) is 1. The molecule has 0 aromatic heterocycles. The summed E-state index contributed by atoms with van der Waals surface area (Å²) in [7, 11) is -3.55. The van der Waals surface area contributed by atoms with E-state index in [-0.39, 0.29) is 24.4 Å². The van der Waals surface area contributed by atoms with E-state index in [2.05, 4.69) is 5.32 Å². The van der Waals surface area contributed by atoms with Crippen LogP contribution in [0.3, 0.4) is 0 Å². The molecule has 2 aromatic rings. The average Bonchev–Trinajstić information content (AvgIpc) is 2.82. The smallest absolute Gasteiger partial charge is 0.271 e. The Hall–Kier alpha value is -3.14. The van der Waals surface area contributed by atoms with E-state index in [0.717, 1.165) is 6.26 Å². The third-order valence-corrected chi connectivity index (χ3v) is 5.56. The van der Waals surface area contributed by atoms with Crippen LogP contribution in [0.25, 0.3) is 0 Å². The summed E-state index contributed by atoms with van der Waals surface area (Å²) in [5.41, 5.74) is 1.19. The van der Waals surface area contributed by atoms with Crippen molar-refractivity contribution in [1.82, 2.24) is 0 Å². The summed E-state index contributed by atoms with van der Waals surface area (Å²) >= 11 is 0. The second-order valence-electron chi connectivity index (χ2n) is 6.44. The van der Waals surface area contributed by atoms with Crippen LogP contribution in [0.15, 0.2) is 42.5 Å². The fourth-order valence-corrected chi connectivity index (χ4v) is 3.88. The average molecular weight is 405 g/mol. The van der Waals surface area contributed by atoms with Crippen molar-refractivity contribution in [3.05, 3.63) is 58.1 Å². The number of nitrogens with one attached hydrogen (secondary N) is 1. The van der Waals surface area contributed by atoms with E-state index in [1.165, 1.54) is 16.4 Å². The summed E-state index contributed by atoms with van der Waals surface area (Å²) in [6.07, 6.45) is 0.268. The molecule has 3 rings (SSSR count). The number of rotatable bonds is 4. The summed E-state index contributed by atoms with van der Waals surface area (Å²) in [4.78, 5) is 23.2. The van der Waals surface area contributed by atoms with Crippen molar-refractivity contribution in [1.29, 1.82) is 0 Å². The van der Waals surface area contributed by atoms with Crippen molar-refractivity contribution >= 4 is 33.0 Å². The van der Waals surface area contributed by atoms with E-state index in [0.29, 0.717) is 16.9 Å². The number of nitro groups is 1. The van der Waals surface area contributed by atoms with Crippen molar-refractivity contribution in [2.45, 2.75) is 19.4 Å². The van der Waals surface area contributed by atoms with Gasteiger partial charge in [-0.25, -0.2) is 8.42 Å². The van der Waals surface area contributed by atoms with Gasteiger partial charge in [-0.1, -0.05) is 18.2 Å². The number of para-hydroxylation sites is 2. The summed E-state index contributed by atoms with van der Waals surface area (Å²) < 4.78 is 31.2. The van der Waals surface area contributed by atoms with Gasteiger partial charge in [-0.3, -0.25) is 19.2 Å². The van der Waals surface area contributed by atoms with Crippen LogP contribution in [0.1, 0.15) is 12.0 Å². The Kier molecular flexibility index (Phi) is 5.23. The van der Waals surface area contributed by atoms with Crippen LogP contribution in [0.5, 0.6) is 5.75 Å². The molecule has 1 aliphatic heterocycles. The number of sulfonamides is 1. The molecule has 1 aliphatic rings. The van der Waals surface area contributed by atoms with Crippen LogP contribution in [-0.4, -0.2) is 38.2 Å². The van der Waals surface area contributed by atoms with E-state index in [1.807, 2.05) is 0 Å². The van der Waals surface area contributed by atoms with Crippen LogP contribution in [0.2, 0.25) is 0 Å². The molecule has 1 N–H and O–H groups in total. The summed E-state index contributed by atoms with van der Waals surface area (Å²) in [6, 6.07) is 10.8. The zero-order valence-corrected chi connectivity index (χ0v) is 16.1. The maximum atomic E-state index is 12.7. The van der Waals surface area contributed by atoms with Crippen molar-refractivity contribution in [3.63, 3.8) is 0 Å². The van der Waals surface area contributed by atoms with Crippen LogP contribution >= 0.6 is 0 Å². The van der Waals surface area contributed by atoms with Gasteiger partial charge in [-0.05, 0) is 24.6 Å². The van der Waals surface area contributed by atoms with E-state index in [1.54, 1.807) is 37.3 Å². The van der Waals surface area contributed by atoms with Gasteiger partial charge < -0.3 is 10.1 Å². The van der Waals surface area contributed by atoms with Gasteiger partial charge in [0.1, 0.15) is 5.75 Å². The summed E-state index contributed by atoms with van der Waals surface area (Å²) in [5, 5.41) is 13.6. The Morgan fingerprint density at radius 1 is 1.29 bits per heavy atom. The van der Waals surface area contributed by atoms with Crippen molar-refractivity contribution in [3.8, 4) is 5.75 Å². The molecular formula is C18H19N3O6S. The van der Waals surface area contributed by atoms with Gasteiger partial charge in [0.05, 0.1) is 22.6 Å². The van der Waals surface area contributed by atoms with Gasteiger partial charge in [0.2, 0.25) is 10.0 Å². The first-order chi connectivity index (χ1) is 13.2. The number of aryl methyl sites for hydroxylation is 1. The molecule has 1 heterocycles. The van der Waals surface area contributed by atoms with Crippen molar-refractivity contribution < 1.29 is 22.9 Å². The molecule has 0 radical (unpaired) electrons. The Labute approximate surface area is 162 Å². The Balaban J connectivity index is 1.87. The second kappa shape index (κ2) is 7.47. The molecule has 0 bridgehead atoms. The molecule has 0 fully saturated rings. The third kappa shape index (κ3) is 4.06. The molecule has 1 atom stereocenters. The van der Waals surface area contributed by atoms with Crippen LogP contribution in [-0.2, 0) is 14.8 Å². The number of hydrogen-bond acceptors (Lipinski definition) is 6. The molecule has 1 amide bonds. The number of non-ortho nitro benzene ring substituents is 1. The normalized spacial score (nSPS) is 16.5. The predicted molar refractivity (Wildman–Crippen MR) is 104 cm³/mol. The number of ether oxygens (including phenoxy) is 1. The van der Waals surface area contributed by atoms with E-state index in [9.17, 15) is 23.3 Å². The van der Waals surface area contributed by atoms with Crippen LogP contribution in [0, 0.1) is 17.0 Å². The van der Waals surface area contributed by atoms with Crippen LogP contribution < -0.4 is 14.4 Å². The van der Waals surface area contributed by atoms with E-state index in [4.69, 9.17) is 4.74 Å². The molecule has 0 saturated carbocycles. The molecular weight excluding hydrogens is 386 g/mol. The first kappa shape index (κ1) is 19.6. The molecule has 9 nitrogen and oxygen atoms in total. The SMILES string of the molecule is Cc1ccc([N+](=O)[O-])cc1NC(=O)[C@@H]1CCN(S(C)(=O)=O)c2ccccc2O1. The van der Waals surface area contributed by atoms with Gasteiger partial charge in [-0.2, -0.15) is 0 Å². The Bertz CT molecular complexity index is 1040. The highest BCUT2D eigenvalue weighted by Gasteiger charge is 2.31. The van der Waals surface area contributed by atoms with Crippen molar-refractivity contribution in [2.75, 3.05) is 22.4 Å². The molecule has 2 aromatic carbocycles. The highest BCUT2D eigenvalue weighted by molar-refractivity contribution is 7.92. The van der Waals surface area contributed by atoms with Crippen LogP contribution in [0.4, 0.5) is 17.1 Å². The first-order valence-corrected chi connectivity index (χ1v) is 10.3. The molecule has 148 valence electrons. The molecule has 10 heteroatoms. The topological polar surface area (TPSA) is 119 Å². The highest BCUT2D eigenvalue weighted by atomic mass is 32.2. The number of anilines is 2. The Morgan fingerprint density at radius 3 is 2.68 bits per heavy atom. The van der Waals surface area contributed by atoms with Crippen molar-refractivity contribution in [2.24, 2.45) is 0 Å². The molecule has 0 aliphatic carbocycles. The fraction of sp³-hybridized carbons (Fsp3) is 0.278. The monoisotopic (exact) mass is 405 g/mol. The lowest BCUT2D eigenvalue weighted by Gasteiger charge is -2.20. The number of amides is 1. The number of carbonyl (C=O) groups is 1. The largest absolute Gasteiger partial charge is 0.478 e. The number of carbonyl (C=O) groups excluding carboxylic acids is 1. The lowest BCUT2D eigenvalue weighted by molar-refractivity contribution is -0.384. The molecule has 28 heavy (non-hydrogen) atoms. The van der Waals surface area contributed by atoms with E-state index < -0.39 is 27.0 Å². The maximum Gasteiger partial charge on any atom is 0.271 e. The number of benzene rings is 2. The molecule has 0 unspecified atom stereocenters. The summed E-state index contributed by atoms with van der Waals surface area (Å²) in [6.45, 7) is 1.79. The molecule has 0 spiro atoms. The fourth-order valence-electron chi connectivity index (χ4n) is 2.93.